The summed E-state index contributed by atoms with van der Waals surface area (Å²) >= 11 is 0. The van der Waals surface area contributed by atoms with E-state index in [0.717, 1.165) is 74.6 Å². The van der Waals surface area contributed by atoms with Crippen LogP contribution in [0.15, 0.2) is 42.7 Å². The lowest BCUT2D eigenvalue weighted by atomic mass is 9.45. The fraction of sp³-hybridized carbons (Fsp3) is 0.567. The summed E-state index contributed by atoms with van der Waals surface area (Å²) < 4.78 is 14.0. The van der Waals surface area contributed by atoms with Crippen molar-refractivity contribution >= 4 is 17.5 Å². The molecule has 5 aliphatic carbocycles. The molecule has 4 N–H and O–H groups in total. The molecule has 7 heteroatoms. The molecule has 1 heterocycles. The number of hydrogen-bond donors (Lipinski definition) is 3. The topological polar surface area (TPSA) is 97.1 Å². The van der Waals surface area contributed by atoms with E-state index in [-0.39, 0.29) is 35.0 Å². The Hall–Kier alpha value is -2.80. The van der Waals surface area contributed by atoms with Gasteiger partial charge in [-0.25, -0.2) is 4.39 Å². The minimum Gasteiger partial charge on any atom is -0.354 e. The Balaban J connectivity index is 1.11. The van der Waals surface area contributed by atoms with Crippen LogP contribution < -0.4 is 16.4 Å². The fourth-order valence-electron chi connectivity index (χ4n) is 8.43. The number of amides is 2. The number of rotatable bonds is 6. The number of pyridine rings is 1. The Bertz CT molecular complexity index is 1160. The van der Waals surface area contributed by atoms with Crippen LogP contribution in [-0.2, 0) is 16.0 Å². The number of hydrogen-bond acceptors (Lipinski definition) is 4. The lowest BCUT2D eigenvalue weighted by Crippen LogP contribution is -2.60. The summed E-state index contributed by atoms with van der Waals surface area (Å²) in [7, 11) is 0. The number of anilines is 1. The van der Waals surface area contributed by atoms with Crippen molar-refractivity contribution in [1.82, 2.24) is 10.3 Å². The summed E-state index contributed by atoms with van der Waals surface area (Å²) in [5.41, 5.74) is 9.19. The van der Waals surface area contributed by atoms with Crippen LogP contribution in [-0.4, -0.2) is 29.4 Å². The number of nitrogens with two attached hydrogens (primary N) is 1. The van der Waals surface area contributed by atoms with E-state index in [2.05, 4.69) is 15.6 Å². The monoisotopic (exact) mass is 504 g/mol. The Labute approximate surface area is 218 Å². The Morgan fingerprint density at radius 2 is 1.84 bits per heavy atom. The summed E-state index contributed by atoms with van der Waals surface area (Å²) in [6.45, 7) is 0.429. The van der Waals surface area contributed by atoms with Gasteiger partial charge >= 0.3 is 0 Å². The van der Waals surface area contributed by atoms with Crippen LogP contribution in [0, 0.1) is 34.9 Å². The summed E-state index contributed by atoms with van der Waals surface area (Å²) in [6, 6.07) is 8.39. The number of benzene rings is 1. The third kappa shape index (κ3) is 4.67. The van der Waals surface area contributed by atoms with E-state index < -0.39 is 0 Å². The molecule has 0 saturated heterocycles. The van der Waals surface area contributed by atoms with Crippen LogP contribution in [0.1, 0.15) is 68.4 Å². The highest BCUT2D eigenvalue weighted by Gasteiger charge is 2.59. The molecule has 4 bridgehead atoms. The molecule has 0 aliphatic heterocycles. The minimum atomic E-state index is -0.320. The highest BCUT2D eigenvalue weighted by molar-refractivity contribution is 5.95. The van der Waals surface area contributed by atoms with Crippen LogP contribution in [0.2, 0.25) is 0 Å². The van der Waals surface area contributed by atoms with Crippen molar-refractivity contribution in [3.63, 3.8) is 0 Å². The average molecular weight is 505 g/mol. The number of carbonyl (C=O) groups excluding carboxylic acids is 2. The Morgan fingerprint density at radius 3 is 2.59 bits per heavy atom. The van der Waals surface area contributed by atoms with E-state index >= 15 is 0 Å². The number of nitrogens with zero attached hydrogens (tertiary/aromatic N) is 1. The standard InChI is InChI=1S/C30H37FN4O2/c31-22-6-5-19-3-1-2-4-24(25(19)13-22)28(36)34-17-26(32)27-20-11-18-12-21(27)16-30(14-18,15-20)29(37)35-23-7-9-33-10-8-23/h5-10,13,18,20-21,24,26-27H,1-4,11-12,14-17,32H2,(H,34,36)(H,33,35,37). The second-order valence-corrected chi connectivity index (χ2v) is 12.1. The molecule has 2 aromatic rings. The summed E-state index contributed by atoms with van der Waals surface area (Å²) in [4.78, 5) is 30.8. The zero-order chi connectivity index (χ0) is 25.6. The molecule has 7 rings (SSSR count). The maximum Gasteiger partial charge on any atom is 0.230 e. The van der Waals surface area contributed by atoms with Gasteiger partial charge < -0.3 is 16.4 Å². The van der Waals surface area contributed by atoms with Crippen LogP contribution in [0.4, 0.5) is 10.1 Å². The van der Waals surface area contributed by atoms with Gasteiger partial charge in [0.25, 0.3) is 0 Å². The summed E-state index contributed by atoms with van der Waals surface area (Å²) in [5.74, 6) is 1.21. The van der Waals surface area contributed by atoms with Gasteiger partial charge in [-0.3, -0.25) is 14.6 Å². The van der Waals surface area contributed by atoms with Crippen molar-refractivity contribution in [2.75, 3.05) is 11.9 Å². The maximum atomic E-state index is 14.0. The molecule has 0 radical (unpaired) electrons. The molecular formula is C30H37FN4O2. The minimum absolute atomic E-state index is 0.0405. The van der Waals surface area contributed by atoms with Crippen molar-refractivity contribution in [2.45, 2.75) is 69.7 Å². The lowest BCUT2D eigenvalue weighted by Gasteiger charge is -2.60. The van der Waals surface area contributed by atoms with E-state index in [9.17, 15) is 14.0 Å². The molecule has 0 spiro atoms. The lowest BCUT2D eigenvalue weighted by molar-refractivity contribution is -0.149. The van der Waals surface area contributed by atoms with Gasteiger partial charge in [0, 0.05) is 30.7 Å². The molecule has 196 valence electrons. The van der Waals surface area contributed by atoms with E-state index in [1.807, 2.05) is 18.2 Å². The SMILES string of the molecule is NC(CNC(=O)C1CCCCc2ccc(F)cc21)C1C2CC3CC1CC(C(=O)Nc1ccncc1)(C3)C2. The molecule has 5 aliphatic rings. The van der Waals surface area contributed by atoms with Crippen molar-refractivity contribution in [1.29, 1.82) is 0 Å². The van der Waals surface area contributed by atoms with E-state index in [1.54, 1.807) is 18.5 Å². The number of fused-ring (bicyclic) bond motifs is 1. The zero-order valence-electron chi connectivity index (χ0n) is 21.3. The zero-order valence-corrected chi connectivity index (χ0v) is 21.3. The van der Waals surface area contributed by atoms with Gasteiger partial charge in [-0.1, -0.05) is 12.5 Å². The molecule has 1 aromatic heterocycles. The van der Waals surface area contributed by atoms with Crippen molar-refractivity contribution in [3.8, 4) is 0 Å². The first-order chi connectivity index (χ1) is 17.9. The van der Waals surface area contributed by atoms with Gasteiger partial charge in [-0.2, -0.15) is 0 Å². The summed E-state index contributed by atoms with van der Waals surface area (Å²) in [6.07, 6.45) is 12.0. The molecule has 2 amide bonds. The second kappa shape index (κ2) is 9.82. The Morgan fingerprint density at radius 1 is 1.08 bits per heavy atom. The van der Waals surface area contributed by atoms with Crippen LogP contribution in [0.5, 0.6) is 0 Å². The highest BCUT2D eigenvalue weighted by atomic mass is 19.1. The Kier molecular flexibility index (Phi) is 6.51. The summed E-state index contributed by atoms with van der Waals surface area (Å²) in [5, 5.41) is 6.29. The number of aromatic nitrogens is 1. The fourth-order valence-corrected chi connectivity index (χ4v) is 8.43. The van der Waals surface area contributed by atoms with Gasteiger partial charge in [0.2, 0.25) is 11.8 Å². The predicted molar refractivity (Wildman–Crippen MR) is 140 cm³/mol. The third-order valence-electron chi connectivity index (χ3n) is 9.76. The molecule has 4 saturated carbocycles. The largest absolute Gasteiger partial charge is 0.354 e. The van der Waals surface area contributed by atoms with Crippen LogP contribution in [0.25, 0.3) is 0 Å². The molecular weight excluding hydrogens is 467 g/mol. The van der Waals surface area contributed by atoms with Crippen LogP contribution in [0.3, 0.4) is 0 Å². The smallest absolute Gasteiger partial charge is 0.230 e. The highest BCUT2D eigenvalue weighted by Crippen LogP contribution is 2.63. The van der Waals surface area contributed by atoms with Gasteiger partial charge in [0.05, 0.1) is 11.3 Å². The third-order valence-corrected chi connectivity index (χ3v) is 9.76. The first kappa shape index (κ1) is 24.5. The number of aryl methyl sites for hydroxylation is 1. The average Bonchev–Trinajstić information content (AvgIpc) is 3.09. The van der Waals surface area contributed by atoms with Crippen molar-refractivity contribution in [2.24, 2.45) is 34.8 Å². The normalized spacial score (nSPS) is 32.8. The van der Waals surface area contributed by atoms with E-state index in [1.165, 1.54) is 6.07 Å². The maximum absolute atomic E-state index is 14.0. The van der Waals surface area contributed by atoms with Crippen molar-refractivity contribution < 1.29 is 14.0 Å². The number of carbonyl (C=O) groups is 2. The van der Waals surface area contributed by atoms with E-state index in [0.29, 0.717) is 30.2 Å². The predicted octanol–water partition coefficient (Wildman–Crippen LogP) is 4.56. The second-order valence-electron chi connectivity index (χ2n) is 12.1. The molecule has 4 fully saturated rings. The van der Waals surface area contributed by atoms with Crippen LogP contribution >= 0.6 is 0 Å². The molecule has 4 atom stereocenters. The van der Waals surface area contributed by atoms with Gasteiger partial charge in [0.1, 0.15) is 5.82 Å². The number of nitrogens with one attached hydrogen (secondary N) is 2. The van der Waals surface area contributed by atoms with E-state index in [4.69, 9.17) is 5.73 Å². The molecule has 4 unspecified atom stereocenters. The molecule has 1 aromatic carbocycles. The first-order valence-electron chi connectivity index (χ1n) is 13.9. The van der Waals surface area contributed by atoms with Gasteiger partial charge in [-0.15, -0.1) is 0 Å². The van der Waals surface area contributed by atoms with Crippen molar-refractivity contribution in [3.05, 3.63) is 59.7 Å². The molecule has 6 nitrogen and oxygen atoms in total. The quantitative estimate of drug-likeness (QED) is 0.503. The molecule has 37 heavy (non-hydrogen) atoms. The van der Waals surface area contributed by atoms with Gasteiger partial charge in [-0.05, 0) is 110 Å². The number of halogens is 1. The first-order valence-corrected chi connectivity index (χ1v) is 13.9. The van der Waals surface area contributed by atoms with Gasteiger partial charge in [0.15, 0.2) is 0 Å².